The SMILES string of the molecule is CN=C(NCCCOCCOC)NCCc1ccc(Cl)cc1.I. The summed E-state index contributed by atoms with van der Waals surface area (Å²) in [5, 5.41) is 7.32. The summed E-state index contributed by atoms with van der Waals surface area (Å²) in [4.78, 5) is 4.19. The third-order valence-corrected chi connectivity index (χ3v) is 3.28. The molecule has 0 heterocycles. The van der Waals surface area contributed by atoms with Crippen LogP contribution >= 0.6 is 35.6 Å². The second-order valence-corrected chi connectivity index (χ2v) is 5.20. The van der Waals surface area contributed by atoms with E-state index < -0.39 is 0 Å². The summed E-state index contributed by atoms with van der Waals surface area (Å²) in [6, 6.07) is 7.90. The van der Waals surface area contributed by atoms with Gasteiger partial charge in [0.15, 0.2) is 5.96 Å². The summed E-state index contributed by atoms with van der Waals surface area (Å²) >= 11 is 5.87. The number of nitrogens with zero attached hydrogens (tertiary/aromatic N) is 1. The van der Waals surface area contributed by atoms with E-state index in [1.165, 1.54) is 5.56 Å². The van der Waals surface area contributed by atoms with Crippen LogP contribution in [0.5, 0.6) is 0 Å². The lowest BCUT2D eigenvalue weighted by molar-refractivity contribution is 0.0698. The topological polar surface area (TPSA) is 54.9 Å². The van der Waals surface area contributed by atoms with Crippen LogP contribution in [0.15, 0.2) is 29.3 Å². The lowest BCUT2D eigenvalue weighted by Gasteiger charge is -2.12. The Bertz CT molecular complexity index is 430. The first-order valence-corrected chi connectivity index (χ1v) is 7.89. The van der Waals surface area contributed by atoms with Gasteiger partial charge in [-0.1, -0.05) is 23.7 Å². The maximum Gasteiger partial charge on any atom is 0.190 e. The first kappa shape index (κ1) is 22.4. The molecule has 0 spiro atoms. The molecule has 0 aliphatic rings. The van der Waals surface area contributed by atoms with Crippen LogP contribution in [-0.2, 0) is 15.9 Å². The molecule has 132 valence electrons. The van der Waals surface area contributed by atoms with Crippen molar-refractivity contribution < 1.29 is 9.47 Å². The number of halogens is 2. The first-order chi connectivity index (χ1) is 10.8. The molecule has 0 radical (unpaired) electrons. The average Bonchev–Trinajstić information content (AvgIpc) is 2.54. The lowest BCUT2D eigenvalue weighted by atomic mass is 10.1. The number of hydrogen-bond acceptors (Lipinski definition) is 3. The van der Waals surface area contributed by atoms with Gasteiger partial charge in [-0.3, -0.25) is 4.99 Å². The van der Waals surface area contributed by atoms with Gasteiger partial charge < -0.3 is 20.1 Å². The molecule has 0 atom stereocenters. The number of hydrogen-bond donors (Lipinski definition) is 2. The van der Waals surface area contributed by atoms with Crippen molar-refractivity contribution in [2.75, 3.05) is 47.1 Å². The quantitative estimate of drug-likeness (QED) is 0.247. The van der Waals surface area contributed by atoms with E-state index in [4.69, 9.17) is 21.1 Å². The summed E-state index contributed by atoms with van der Waals surface area (Å²) in [6.45, 7) is 3.66. The number of benzene rings is 1. The maximum absolute atomic E-state index is 5.87. The van der Waals surface area contributed by atoms with Gasteiger partial charge in [-0.25, -0.2) is 0 Å². The number of rotatable bonds is 10. The minimum Gasteiger partial charge on any atom is -0.382 e. The monoisotopic (exact) mass is 455 g/mol. The molecule has 0 bridgehead atoms. The molecule has 0 saturated heterocycles. The Morgan fingerprint density at radius 1 is 1.09 bits per heavy atom. The van der Waals surface area contributed by atoms with Crippen LogP contribution in [0, 0.1) is 0 Å². The van der Waals surface area contributed by atoms with Gasteiger partial charge in [0.25, 0.3) is 0 Å². The Morgan fingerprint density at radius 3 is 2.43 bits per heavy atom. The summed E-state index contributed by atoms with van der Waals surface area (Å²) in [5.41, 5.74) is 1.25. The number of methoxy groups -OCH3 is 1. The first-order valence-electron chi connectivity index (χ1n) is 7.52. The van der Waals surface area contributed by atoms with Crippen molar-refractivity contribution in [2.24, 2.45) is 4.99 Å². The molecule has 2 N–H and O–H groups in total. The molecule has 0 aromatic heterocycles. The Labute approximate surface area is 161 Å². The highest BCUT2D eigenvalue weighted by Crippen LogP contribution is 2.09. The van der Waals surface area contributed by atoms with E-state index in [0.717, 1.165) is 43.5 Å². The molecule has 7 heteroatoms. The minimum absolute atomic E-state index is 0. The van der Waals surface area contributed by atoms with Crippen LogP contribution < -0.4 is 10.6 Å². The molecule has 0 aliphatic heterocycles. The third-order valence-electron chi connectivity index (χ3n) is 3.03. The molecule has 0 amide bonds. The van der Waals surface area contributed by atoms with Gasteiger partial charge >= 0.3 is 0 Å². The number of aliphatic imine (C=N–C) groups is 1. The molecule has 0 unspecified atom stereocenters. The lowest BCUT2D eigenvalue weighted by Crippen LogP contribution is -2.39. The van der Waals surface area contributed by atoms with Crippen LogP contribution in [0.1, 0.15) is 12.0 Å². The Kier molecular flexibility index (Phi) is 14.6. The van der Waals surface area contributed by atoms with Crippen molar-refractivity contribution in [1.82, 2.24) is 10.6 Å². The molecule has 1 aromatic rings. The van der Waals surface area contributed by atoms with E-state index in [1.54, 1.807) is 14.2 Å². The second kappa shape index (κ2) is 15.0. The van der Waals surface area contributed by atoms with E-state index >= 15 is 0 Å². The van der Waals surface area contributed by atoms with E-state index in [0.29, 0.717) is 13.2 Å². The predicted molar refractivity (Wildman–Crippen MR) is 107 cm³/mol. The van der Waals surface area contributed by atoms with Crippen molar-refractivity contribution in [3.63, 3.8) is 0 Å². The maximum atomic E-state index is 5.87. The standard InChI is InChI=1S/C16H26ClN3O2.HI/c1-18-16(19-9-3-11-22-13-12-21-2)20-10-8-14-4-6-15(17)7-5-14;/h4-7H,3,8-13H2,1-2H3,(H2,18,19,20);1H. The second-order valence-electron chi connectivity index (χ2n) is 4.76. The fourth-order valence-electron chi connectivity index (χ4n) is 1.82. The van der Waals surface area contributed by atoms with E-state index in [9.17, 15) is 0 Å². The zero-order chi connectivity index (χ0) is 16.0. The largest absolute Gasteiger partial charge is 0.382 e. The highest BCUT2D eigenvalue weighted by Gasteiger charge is 1.98. The van der Waals surface area contributed by atoms with Crippen molar-refractivity contribution in [3.8, 4) is 0 Å². The predicted octanol–water partition coefficient (Wildman–Crippen LogP) is 2.72. The van der Waals surface area contributed by atoms with Gasteiger partial charge in [-0.05, 0) is 30.5 Å². The zero-order valence-corrected chi connectivity index (χ0v) is 16.9. The highest BCUT2D eigenvalue weighted by atomic mass is 127. The van der Waals surface area contributed by atoms with E-state index in [-0.39, 0.29) is 24.0 Å². The molecule has 1 aromatic carbocycles. The highest BCUT2D eigenvalue weighted by molar-refractivity contribution is 14.0. The van der Waals surface area contributed by atoms with Crippen molar-refractivity contribution >= 4 is 41.5 Å². The molecule has 0 fully saturated rings. The summed E-state index contributed by atoms with van der Waals surface area (Å²) < 4.78 is 10.3. The van der Waals surface area contributed by atoms with Gasteiger partial charge in [-0.15, -0.1) is 24.0 Å². The molecule has 5 nitrogen and oxygen atoms in total. The molecule has 23 heavy (non-hydrogen) atoms. The minimum atomic E-state index is 0. The summed E-state index contributed by atoms with van der Waals surface area (Å²) in [7, 11) is 3.44. The zero-order valence-electron chi connectivity index (χ0n) is 13.8. The van der Waals surface area contributed by atoms with Crippen LogP contribution in [0.3, 0.4) is 0 Å². The number of nitrogens with one attached hydrogen (secondary N) is 2. The fourth-order valence-corrected chi connectivity index (χ4v) is 1.95. The van der Waals surface area contributed by atoms with Gasteiger partial charge in [0.2, 0.25) is 0 Å². The summed E-state index contributed by atoms with van der Waals surface area (Å²) in [6.07, 6.45) is 1.86. The Hall–Kier alpha value is -0.570. The molecular weight excluding hydrogens is 429 g/mol. The van der Waals surface area contributed by atoms with Crippen LogP contribution in [0.2, 0.25) is 5.02 Å². The average molecular weight is 456 g/mol. The normalized spacial score (nSPS) is 11.0. The molecule has 1 rings (SSSR count). The van der Waals surface area contributed by atoms with Gasteiger partial charge in [0, 0.05) is 38.9 Å². The van der Waals surface area contributed by atoms with E-state index in [2.05, 4.69) is 15.6 Å². The third kappa shape index (κ3) is 11.6. The van der Waals surface area contributed by atoms with Gasteiger partial charge in [-0.2, -0.15) is 0 Å². The number of guanidine groups is 1. The van der Waals surface area contributed by atoms with E-state index in [1.807, 2.05) is 24.3 Å². The number of ether oxygens (including phenoxy) is 2. The Balaban J connectivity index is 0.00000484. The van der Waals surface area contributed by atoms with Crippen molar-refractivity contribution in [3.05, 3.63) is 34.9 Å². The summed E-state index contributed by atoms with van der Waals surface area (Å²) in [5.74, 6) is 0.811. The molecule has 0 saturated carbocycles. The van der Waals surface area contributed by atoms with Crippen LogP contribution in [-0.4, -0.2) is 53.0 Å². The smallest absolute Gasteiger partial charge is 0.190 e. The van der Waals surface area contributed by atoms with Crippen LogP contribution in [0.4, 0.5) is 0 Å². The molecular formula is C16H27ClIN3O2. The van der Waals surface area contributed by atoms with Crippen molar-refractivity contribution in [2.45, 2.75) is 12.8 Å². The van der Waals surface area contributed by atoms with Crippen LogP contribution in [0.25, 0.3) is 0 Å². The molecule has 0 aliphatic carbocycles. The Morgan fingerprint density at radius 2 is 1.78 bits per heavy atom. The van der Waals surface area contributed by atoms with Crippen molar-refractivity contribution in [1.29, 1.82) is 0 Å². The van der Waals surface area contributed by atoms with Gasteiger partial charge in [0.1, 0.15) is 0 Å². The fraction of sp³-hybridized carbons (Fsp3) is 0.562. The van der Waals surface area contributed by atoms with Gasteiger partial charge in [0.05, 0.1) is 13.2 Å².